The molecule has 1 saturated carbocycles. The molecule has 3 fully saturated rings. The Labute approximate surface area is 184 Å². The van der Waals surface area contributed by atoms with Gasteiger partial charge in [-0.25, -0.2) is 0 Å². The second-order valence-corrected chi connectivity index (χ2v) is 8.80. The Kier molecular flexibility index (Phi) is 6.97. The van der Waals surface area contributed by atoms with E-state index in [4.69, 9.17) is 9.47 Å². The number of amides is 2. The Hall–Kier alpha value is -2.32. The summed E-state index contributed by atoms with van der Waals surface area (Å²) in [5.41, 5.74) is 1.03. The van der Waals surface area contributed by atoms with Crippen molar-refractivity contribution >= 4 is 11.8 Å². The van der Waals surface area contributed by atoms with Gasteiger partial charge in [0.2, 0.25) is 11.8 Å². The molecule has 0 aromatic heterocycles. The number of hydrogen-bond donors (Lipinski definition) is 1. The van der Waals surface area contributed by atoms with Crippen molar-refractivity contribution < 1.29 is 19.1 Å². The molecule has 8 heteroatoms. The molecule has 2 aliphatic heterocycles. The van der Waals surface area contributed by atoms with Gasteiger partial charge in [-0.05, 0) is 36.5 Å². The van der Waals surface area contributed by atoms with E-state index in [0.717, 1.165) is 37.7 Å². The van der Waals surface area contributed by atoms with E-state index in [-0.39, 0.29) is 18.2 Å². The molecule has 0 bridgehead atoms. The Bertz CT molecular complexity index is 790. The van der Waals surface area contributed by atoms with Crippen molar-refractivity contribution in [3.05, 3.63) is 23.8 Å². The van der Waals surface area contributed by atoms with E-state index in [1.807, 2.05) is 23.1 Å². The molecule has 1 aromatic carbocycles. The smallest absolute Gasteiger partial charge is 0.237 e. The lowest BCUT2D eigenvalue weighted by Crippen LogP contribution is -2.57. The second-order valence-electron chi connectivity index (χ2n) is 8.80. The standard InChI is InChI=1S/C23H34N4O4/c1-30-20-6-5-18(13-21(20)31-2)16-27-8-7-24-23(29)19(27)14-22(28)26-11-9-25(10-12-26)15-17-3-4-17/h5-6,13,17,19H,3-4,7-12,14-16H2,1-2H3,(H,24,29). The van der Waals surface area contributed by atoms with Crippen molar-refractivity contribution in [2.24, 2.45) is 5.92 Å². The molecule has 3 aliphatic rings. The van der Waals surface area contributed by atoms with Crippen LogP contribution in [0, 0.1) is 5.92 Å². The fourth-order valence-electron chi connectivity index (χ4n) is 4.53. The predicted octanol–water partition coefficient (Wildman–Crippen LogP) is 0.949. The normalized spacial score (nSPS) is 22.8. The maximum Gasteiger partial charge on any atom is 0.237 e. The molecule has 1 N–H and O–H groups in total. The molecule has 1 unspecified atom stereocenters. The van der Waals surface area contributed by atoms with E-state index in [1.165, 1.54) is 19.4 Å². The third-order valence-corrected chi connectivity index (χ3v) is 6.58. The molecule has 4 rings (SSSR count). The highest BCUT2D eigenvalue weighted by molar-refractivity contribution is 5.88. The van der Waals surface area contributed by atoms with E-state index in [2.05, 4.69) is 15.1 Å². The predicted molar refractivity (Wildman–Crippen MR) is 117 cm³/mol. The minimum atomic E-state index is -0.446. The molecule has 2 heterocycles. The van der Waals surface area contributed by atoms with Crippen LogP contribution in [-0.4, -0.2) is 92.6 Å². The molecule has 0 radical (unpaired) electrons. The first kappa shape index (κ1) is 21.9. The summed E-state index contributed by atoms with van der Waals surface area (Å²) >= 11 is 0. The largest absolute Gasteiger partial charge is 0.493 e. The van der Waals surface area contributed by atoms with Crippen molar-refractivity contribution in [1.29, 1.82) is 0 Å². The fourth-order valence-corrected chi connectivity index (χ4v) is 4.53. The highest BCUT2D eigenvalue weighted by Gasteiger charge is 2.34. The van der Waals surface area contributed by atoms with Gasteiger partial charge in [-0.15, -0.1) is 0 Å². The van der Waals surface area contributed by atoms with Crippen LogP contribution in [0.25, 0.3) is 0 Å². The minimum Gasteiger partial charge on any atom is -0.493 e. The van der Waals surface area contributed by atoms with Gasteiger partial charge in [0.25, 0.3) is 0 Å². The molecule has 1 atom stereocenters. The van der Waals surface area contributed by atoms with Crippen molar-refractivity contribution in [2.75, 3.05) is 60.0 Å². The van der Waals surface area contributed by atoms with Crippen molar-refractivity contribution in [3.63, 3.8) is 0 Å². The van der Waals surface area contributed by atoms with E-state index in [1.54, 1.807) is 14.2 Å². The number of rotatable bonds is 8. The van der Waals surface area contributed by atoms with Gasteiger partial charge >= 0.3 is 0 Å². The first-order valence-corrected chi connectivity index (χ1v) is 11.3. The summed E-state index contributed by atoms with van der Waals surface area (Å²) in [5.74, 6) is 2.23. The van der Waals surface area contributed by atoms with Crippen molar-refractivity contribution in [2.45, 2.75) is 31.8 Å². The zero-order valence-corrected chi connectivity index (χ0v) is 18.6. The molecule has 31 heavy (non-hydrogen) atoms. The number of benzene rings is 1. The highest BCUT2D eigenvalue weighted by Crippen LogP contribution is 2.30. The molecule has 2 saturated heterocycles. The number of hydrogen-bond acceptors (Lipinski definition) is 6. The number of ether oxygens (including phenoxy) is 2. The molecule has 2 amide bonds. The Morgan fingerprint density at radius 1 is 1.06 bits per heavy atom. The number of nitrogens with zero attached hydrogens (tertiary/aromatic N) is 3. The van der Waals surface area contributed by atoms with Gasteiger partial charge in [0.15, 0.2) is 11.5 Å². The zero-order chi connectivity index (χ0) is 21.8. The van der Waals surface area contributed by atoms with E-state index < -0.39 is 6.04 Å². The summed E-state index contributed by atoms with van der Waals surface area (Å²) in [6.45, 7) is 6.46. The summed E-state index contributed by atoms with van der Waals surface area (Å²) < 4.78 is 10.7. The van der Waals surface area contributed by atoms with Gasteiger partial charge < -0.3 is 19.7 Å². The van der Waals surface area contributed by atoms with Gasteiger partial charge in [-0.2, -0.15) is 0 Å². The van der Waals surface area contributed by atoms with Crippen molar-refractivity contribution in [1.82, 2.24) is 20.0 Å². The van der Waals surface area contributed by atoms with Gasteiger partial charge in [-0.1, -0.05) is 6.07 Å². The van der Waals surface area contributed by atoms with Crippen molar-refractivity contribution in [3.8, 4) is 11.5 Å². The zero-order valence-electron chi connectivity index (χ0n) is 18.6. The van der Waals surface area contributed by atoms with Crippen LogP contribution < -0.4 is 14.8 Å². The third kappa shape index (κ3) is 5.49. The Morgan fingerprint density at radius 3 is 2.48 bits per heavy atom. The summed E-state index contributed by atoms with van der Waals surface area (Å²) in [6.07, 6.45) is 2.93. The fraction of sp³-hybridized carbons (Fsp3) is 0.652. The maximum atomic E-state index is 13.0. The lowest BCUT2D eigenvalue weighted by molar-refractivity contribution is -0.140. The number of carbonyl (C=O) groups excluding carboxylic acids is 2. The van der Waals surface area contributed by atoms with E-state index in [0.29, 0.717) is 31.1 Å². The van der Waals surface area contributed by atoms with E-state index >= 15 is 0 Å². The van der Waals surface area contributed by atoms with Crippen LogP contribution in [0.15, 0.2) is 18.2 Å². The number of piperazine rings is 2. The van der Waals surface area contributed by atoms with Crippen LogP contribution in [0.4, 0.5) is 0 Å². The summed E-state index contributed by atoms with van der Waals surface area (Å²) in [5, 5.41) is 2.93. The average molecular weight is 431 g/mol. The highest BCUT2D eigenvalue weighted by atomic mass is 16.5. The van der Waals surface area contributed by atoms with Gasteiger partial charge in [0.1, 0.15) is 0 Å². The van der Waals surface area contributed by atoms with Crippen LogP contribution in [0.3, 0.4) is 0 Å². The lowest BCUT2D eigenvalue weighted by Gasteiger charge is -2.38. The maximum absolute atomic E-state index is 13.0. The molecular weight excluding hydrogens is 396 g/mol. The van der Waals surface area contributed by atoms with Crippen LogP contribution in [-0.2, 0) is 16.1 Å². The quantitative estimate of drug-likeness (QED) is 0.662. The number of carbonyl (C=O) groups is 2. The van der Waals surface area contributed by atoms with Crippen LogP contribution in [0.2, 0.25) is 0 Å². The molecule has 170 valence electrons. The van der Waals surface area contributed by atoms with Crippen LogP contribution in [0.1, 0.15) is 24.8 Å². The summed E-state index contributed by atoms with van der Waals surface area (Å²) in [6, 6.07) is 5.34. The lowest BCUT2D eigenvalue weighted by atomic mass is 10.1. The number of nitrogens with one attached hydrogen (secondary N) is 1. The molecular formula is C23H34N4O4. The second kappa shape index (κ2) is 9.87. The van der Waals surface area contributed by atoms with E-state index in [9.17, 15) is 9.59 Å². The molecule has 1 aromatic rings. The first-order chi connectivity index (χ1) is 15.1. The summed E-state index contributed by atoms with van der Waals surface area (Å²) in [7, 11) is 3.22. The molecule has 0 spiro atoms. The topological polar surface area (TPSA) is 74.4 Å². The van der Waals surface area contributed by atoms with Gasteiger partial charge in [0.05, 0.1) is 26.7 Å². The van der Waals surface area contributed by atoms with Crippen LogP contribution in [0.5, 0.6) is 11.5 Å². The third-order valence-electron chi connectivity index (χ3n) is 6.58. The summed E-state index contributed by atoms with van der Waals surface area (Å²) in [4.78, 5) is 32.1. The Balaban J connectivity index is 1.36. The minimum absolute atomic E-state index is 0.0625. The SMILES string of the molecule is COc1ccc(CN2CCNC(=O)C2CC(=O)N2CCN(CC3CC3)CC2)cc1OC. The van der Waals surface area contributed by atoms with Gasteiger partial charge in [-0.3, -0.25) is 19.4 Å². The molecule has 8 nitrogen and oxygen atoms in total. The molecule has 1 aliphatic carbocycles. The monoisotopic (exact) mass is 430 g/mol. The number of methoxy groups -OCH3 is 2. The average Bonchev–Trinajstić information content (AvgIpc) is 3.60. The Morgan fingerprint density at radius 2 is 1.81 bits per heavy atom. The first-order valence-electron chi connectivity index (χ1n) is 11.3. The van der Waals surface area contributed by atoms with Crippen LogP contribution >= 0.6 is 0 Å². The van der Waals surface area contributed by atoms with Gasteiger partial charge in [0, 0.05) is 52.4 Å².